The molecular weight excluding hydrogens is 258 g/mol. The number of furan rings is 1. The van der Waals surface area contributed by atoms with Crippen LogP contribution < -0.4 is 5.32 Å². The van der Waals surface area contributed by atoms with Crippen LogP contribution in [0.4, 0.5) is 0 Å². The molecule has 0 aromatic carbocycles. The Kier molecular flexibility index (Phi) is 5.36. The van der Waals surface area contributed by atoms with E-state index >= 15 is 0 Å². The van der Waals surface area contributed by atoms with Crippen LogP contribution in [-0.4, -0.2) is 19.3 Å². The van der Waals surface area contributed by atoms with Crippen LogP contribution in [0.15, 0.2) is 21.2 Å². The molecule has 0 spiro atoms. The number of ether oxygens (including phenoxy) is 1. The standard InChI is InChI=1S/C11H18BrNO2/c1-4-13-10(8(3)14-5-2)11-9(12)6-7-15-11/h6-8,10,13H,4-5H2,1-3H3. The molecule has 0 saturated heterocycles. The predicted octanol–water partition coefficient (Wildman–Crippen LogP) is 3.12. The molecule has 1 aromatic heterocycles. The van der Waals surface area contributed by atoms with Crippen molar-refractivity contribution in [2.24, 2.45) is 0 Å². The SMILES string of the molecule is CCNC(c1occc1Br)C(C)OCC. The maximum atomic E-state index is 5.59. The van der Waals surface area contributed by atoms with Gasteiger partial charge < -0.3 is 14.5 Å². The van der Waals surface area contributed by atoms with Gasteiger partial charge in [0.05, 0.1) is 22.9 Å². The van der Waals surface area contributed by atoms with Crippen molar-refractivity contribution < 1.29 is 9.15 Å². The molecule has 0 saturated carbocycles. The van der Waals surface area contributed by atoms with E-state index in [0.717, 1.165) is 16.8 Å². The van der Waals surface area contributed by atoms with Crippen LogP contribution >= 0.6 is 15.9 Å². The summed E-state index contributed by atoms with van der Waals surface area (Å²) < 4.78 is 12.0. The first kappa shape index (κ1) is 12.7. The molecule has 0 bridgehead atoms. The molecule has 0 amide bonds. The van der Waals surface area contributed by atoms with Gasteiger partial charge in [-0.25, -0.2) is 0 Å². The first-order valence-corrected chi connectivity index (χ1v) is 6.07. The van der Waals surface area contributed by atoms with Gasteiger partial charge in [0, 0.05) is 6.61 Å². The highest BCUT2D eigenvalue weighted by Gasteiger charge is 2.23. The smallest absolute Gasteiger partial charge is 0.137 e. The lowest BCUT2D eigenvalue weighted by Crippen LogP contribution is -2.31. The predicted molar refractivity (Wildman–Crippen MR) is 63.9 cm³/mol. The lowest BCUT2D eigenvalue weighted by molar-refractivity contribution is 0.0416. The molecule has 0 aliphatic carbocycles. The molecule has 4 heteroatoms. The molecule has 0 radical (unpaired) electrons. The fourth-order valence-electron chi connectivity index (χ4n) is 1.58. The Labute approximate surface area is 99.3 Å². The first-order valence-electron chi connectivity index (χ1n) is 5.28. The lowest BCUT2D eigenvalue weighted by Gasteiger charge is -2.23. The van der Waals surface area contributed by atoms with E-state index < -0.39 is 0 Å². The average Bonchev–Trinajstić information content (AvgIpc) is 2.61. The molecule has 0 aliphatic heterocycles. The fourth-order valence-corrected chi connectivity index (χ4v) is 2.03. The van der Waals surface area contributed by atoms with Crippen molar-refractivity contribution in [3.05, 3.63) is 22.6 Å². The fraction of sp³-hybridized carbons (Fsp3) is 0.636. The zero-order valence-electron chi connectivity index (χ0n) is 9.42. The van der Waals surface area contributed by atoms with Gasteiger partial charge in [0.15, 0.2) is 0 Å². The molecule has 2 unspecified atom stereocenters. The third-order valence-corrected chi connectivity index (χ3v) is 2.91. The monoisotopic (exact) mass is 275 g/mol. The van der Waals surface area contributed by atoms with E-state index in [9.17, 15) is 0 Å². The molecule has 0 aliphatic rings. The number of likely N-dealkylation sites (N-methyl/N-ethyl adjacent to an activating group) is 1. The van der Waals surface area contributed by atoms with Gasteiger partial charge in [-0.2, -0.15) is 0 Å². The third kappa shape index (κ3) is 3.33. The van der Waals surface area contributed by atoms with Gasteiger partial charge in [0.1, 0.15) is 5.76 Å². The van der Waals surface area contributed by atoms with Crippen molar-refractivity contribution in [3.8, 4) is 0 Å². The zero-order chi connectivity index (χ0) is 11.3. The van der Waals surface area contributed by atoms with Gasteiger partial charge in [-0.1, -0.05) is 6.92 Å². The summed E-state index contributed by atoms with van der Waals surface area (Å²) in [5.41, 5.74) is 0. The van der Waals surface area contributed by atoms with E-state index in [4.69, 9.17) is 9.15 Å². The molecule has 86 valence electrons. The second-order valence-corrected chi connectivity index (χ2v) is 4.18. The van der Waals surface area contributed by atoms with Crippen molar-refractivity contribution in [1.82, 2.24) is 5.32 Å². The van der Waals surface area contributed by atoms with Crippen LogP contribution in [0.25, 0.3) is 0 Å². The summed E-state index contributed by atoms with van der Waals surface area (Å²) in [6.07, 6.45) is 1.78. The number of nitrogens with one attached hydrogen (secondary N) is 1. The molecule has 1 aromatic rings. The van der Waals surface area contributed by atoms with Crippen LogP contribution in [-0.2, 0) is 4.74 Å². The van der Waals surface area contributed by atoms with E-state index in [0.29, 0.717) is 6.61 Å². The van der Waals surface area contributed by atoms with E-state index in [2.05, 4.69) is 28.2 Å². The molecule has 1 rings (SSSR count). The summed E-state index contributed by atoms with van der Waals surface area (Å²) in [4.78, 5) is 0. The minimum atomic E-state index is 0.0948. The van der Waals surface area contributed by atoms with Gasteiger partial charge >= 0.3 is 0 Å². The third-order valence-electron chi connectivity index (χ3n) is 2.25. The first-order chi connectivity index (χ1) is 7.20. The molecule has 1 N–H and O–H groups in total. The van der Waals surface area contributed by atoms with Crippen LogP contribution in [0.2, 0.25) is 0 Å². The Morgan fingerprint density at radius 3 is 2.73 bits per heavy atom. The Morgan fingerprint density at radius 2 is 2.27 bits per heavy atom. The molecule has 15 heavy (non-hydrogen) atoms. The summed E-state index contributed by atoms with van der Waals surface area (Å²) in [6.45, 7) is 7.71. The Bertz CT molecular complexity index is 288. The minimum absolute atomic E-state index is 0.0948. The average molecular weight is 276 g/mol. The topological polar surface area (TPSA) is 34.4 Å². The second-order valence-electron chi connectivity index (χ2n) is 3.33. The van der Waals surface area contributed by atoms with Crippen LogP contribution in [0, 0.1) is 0 Å². The lowest BCUT2D eigenvalue weighted by atomic mass is 10.1. The van der Waals surface area contributed by atoms with Crippen LogP contribution in [0.5, 0.6) is 0 Å². The molecule has 0 fully saturated rings. The summed E-state index contributed by atoms with van der Waals surface area (Å²) in [6, 6.07) is 2.00. The molecular formula is C11H18BrNO2. The van der Waals surface area contributed by atoms with Gasteiger partial charge in [0.25, 0.3) is 0 Å². The summed E-state index contributed by atoms with van der Waals surface area (Å²) in [5, 5.41) is 3.36. The quantitative estimate of drug-likeness (QED) is 0.866. The van der Waals surface area contributed by atoms with Gasteiger partial charge in [-0.05, 0) is 42.4 Å². The minimum Gasteiger partial charge on any atom is -0.466 e. The number of halogens is 1. The largest absolute Gasteiger partial charge is 0.466 e. The van der Waals surface area contributed by atoms with Crippen molar-refractivity contribution in [3.63, 3.8) is 0 Å². The highest BCUT2D eigenvalue weighted by atomic mass is 79.9. The zero-order valence-corrected chi connectivity index (χ0v) is 11.0. The number of hydrogen-bond acceptors (Lipinski definition) is 3. The maximum Gasteiger partial charge on any atom is 0.137 e. The Morgan fingerprint density at radius 1 is 1.53 bits per heavy atom. The van der Waals surface area contributed by atoms with Crippen LogP contribution in [0.1, 0.15) is 32.6 Å². The normalized spacial score (nSPS) is 15.2. The molecule has 1 heterocycles. The summed E-state index contributed by atoms with van der Waals surface area (Å²) >= 11 is 3.47. The molecule has 2 atom stereocenters. The van der Waals surface area contributed by atoms with Gasteiger partial charge in [0.2, 0.25) is 0 Å². The molecule has 3 nitrogen and oxygen atoms in total. The van der Waals surface area contributed by atoms with Crippen molar-refractivity contribution in [2.45, 2.75) is 32.9 Å². The Balaban J connectivity index is 2.77. The van der Waals surface area contributed by atoms with E-state index in [1.165, 1.54) is 0 Å². The van der Waals surface area contributed by atoms with E-state index in [1.54, 1.807) is 6.26 Å². The highest BCUT2D eigenvalue weighted by Crippen LogP contribution is 2.27. The van der Waals surface area contributed by atoms with Crippen molar-refractivity contribution >= 4 is 15.9 Å². The summed E-state index contributed by atoms with van der Waals surface area (Å²) in [5.74, 6) is 0.901. The van der Waals surface area contributed by atoms with Gasteiger partial charge in [-0.15, -0.1) is 0 Å². The summed E-state index contributed by atoms with van der Waals surface area (Å²) in [7, 11) is 0. The van der Waals surface area contributed by atoms with Gasteiger partial charge in [-0.3, -0.25) is 0 Å². The van der Waals surface area contributed by atoms with Crippen molar-refractivity contribution in [2.75, 3.05) is 13.2 Å². The van der Waals surface area contributed by atoms with Crippen LogP contribution in [0.3, 0.4) is 0 Å². The highest BCUT2D eigenvalue weighted by molar-refractivity contribution is 9.10. The van der Waals surface area contributed by atoms with E-state index in [-0.39, 0.29) is 12.1 Å². The Hall–Kier alpha value is -0.320. The van der Waals surface area contributed by atoms with Crippen molar-refractivity contribution in [1.29, 1.82) is 0 Å². The number of rotatable bonds is 6. The number of hydrogen-bond donors (Lipinski definition) is 1. The maximum absolute atomic E-state index is 5.59. The van der Waals surface area contributed by atoms with E-state index in [1.807, 2.05) is 19.9 Å². The second kappa shape index (κ2) is 6.30.